The highest BCUT2D eigenvalue weighted by Crippen LogP contribution is 2.33. The van der Waals surface area contributed by atoms with Crippen LogP contribution in [0.15, 0.2) is 108 Å². The van der Waals surface area contributed by atoms with Crippen molar-refractivity contribution >= 4 is 50.9 Å². The molecular formula is C77H133F4N7O9S. The number of primary amides is 2. The second-order valence-corrected chi connectivity index (χ2v) is 35.1. The van der Waals surface area contributed by atoms with E-state index < -0.39 is 38.2 Å². The van der Waals surface area contributed by atoms with Gasteiger partial charge in [-0.05, 0) is 217 Å². The highest BCUT2D eigenvalue weighted by atomic mass is 32.2. The van der Waals surface area contributed by atoms with Crippen molar-refractivity contribution in [3.05, 3.63) is 114 Å². The van der Waals surface area contributed by atoms with Crippen molar-refractivity contribution < 1.29 is 59.5 Å². The number of amides is 5. The van der Waals surface area contributed by atoms with Crippen molar-refractivity contribution in [1.82, 2.24) is 24.9 Å². The zero-order chi connectivity index (χ0) is 78.5. The molecule has 5 amide bonds. The molecule has 1 unspecified atom stereocenters. The zero-order valence-corrected chi connectivity index (χ0v) is 66.8. The largest absolute Gasteiger partial charge is 0.366 e. The number of nitrogens with zero attached hydrogens (tertiary/aromatic N) is 4. The molecule has 3 heterocycles. The molecule has 16 nitrogen and oxygen atoms in total. The Bertz CT molecular complexity index is 2930. The van der Waals surface area contributed by atoms with Gasteiger partial charge in [-0.1, -0.05) is 114 Å². The van der Waals surface area contributed by atoms with Crippen LogP contribution in [0.25, 0.3) is 0 Å². The number of carbonyl (C=O) groups is 7. The van der Waals surface area contributed by atoms with Crippen LogP contribution < -0.4 is 16.8 Å². The number of rotatable bonds is 5. The predicted octanol–water partition coefficient (Wildman–Crippen LogP) is 17.9. The van der Waals surface area contributed by atoms with Crippen molar-refractivity contribution in [3.8, 4) is 0 Å². The first-order chi connectivity index (χ1) is 44.0. The van der Waals surface area contributed by atoms with Crippen LogP contribution >= 0.6 is 0 Å². The van der Waals surface area contributed by atoms with E-state index in [2.05, 4.69) is 107 Å². The predicted molar refractivity (Wildman–Crippen MR) is 398 cm³/mol. The Morgan fingerprint density at radius 3 is 1.23 bits per heavy atom. The maximum Gasteiger partial charge on any atom is 0.249 e. The number of halogens is 4. The summed E-state index contributed by atoms with van der Waals surface area (Å²) in [4.78, 5) is 80.2. The van der Waals surface area contributed by atoms with Crippen LogP contribution in [0.2, 0.25) is 0 Å². The second-order valence-electron chi connectivity index (χ2n) is 32.5. The fraction of sp³-hybridized carbons (Fsp3) is 0.662. The Kier molecular flexibility index (Phi) is 47.0. The Morgan fingerprint density at radius 2 is 1.03 bits per heavy atom. The molecule has 0 radical (unpaired) electrons. The SMILES string of the molecule is C/C(F)=C(\C)C(=O)NC(C)(C)C.C=CC(=O)C(C)(C)C.C=CS(=O)(=O)C(C)(C)C.CC(C)(C)C1CCC=CC1=O.CC(C)(C)N1CC=CC1=O.CC(C)(C)N1CCC=CC1=O.CC(C)(C)n1ccc(F)n1.CC(C)C.CC(C)C.NC(=O)C1=C(F)CCC1.NC(=O)C1=C(F)CCCC1. The molecule has 1 aromatic rings. The zero-order valence-electron chi connectivity index (χ0n) is 65.9. The van der Waals surface area contributed by atoms with Gasteiger partial charge in [-0.25, -0.2) is 21.6 Å². The van der Waals surface area contributed by atoms with E-state index >= 15 is 0 Å². The van der Waals surface area contributed by atoms with Crippen LogP contribution in [-0.2, 0) is 48.9 Å². The van der Waals surface area contributed by atoms with Crippen molar-refractivity contribution in [2.75, 3.05) is 13.1 Å². The number of allylic oxidation sites excluding steroid dienone is 6. The fourth-order valence-corrected chi connectivity index (χ4v) is 8.29. The Balaban J connectivity index is -0.000000327. The van der Waals surface area contributed by atoms with Crippen molar-refractivity contribution in [2.45, 2.75) is 292 Å². The standard InChI is InChI=1S/C10H16O.C9H16FNO.C9H15NO.C8H13NO.C7H11FN2.C7H10FNO.C7H12O.C6H8FNO.C6H12O2S.2C4H10/c1-10(2,3)8-6-4-5-7-9(8)11;1-6(7(2)10)8(12)11-9(3,4)5;1-9(2,3)10-7-5-4-6-8(10)11;1-8(2,3)9-6-4-5-7(9)10;1-7(2,3)10-5-4-6(8)9-10;8-6-4-2-1-3-5(6)7(9)10;1-5-6(8)7(2,3)4;7-5-3-1-2-4(5)6(8)9;1-5-9(7,8)6(2,3)4;2*1-4(2)3/h5,7-8H,4,6H2,1-3H3;1-5H3,(H,11,12);4,6H,5,7H2,1-3H3;4-5H,6H2,1-3H3;4-5H,1-3H3;1-4H2,(H2,9,10);5H,1H2,2-4H3;1-3H2,(H2,8,9);5H,1H2,2-4H3;2*4H,1-3H3/b;7-6-;;;;;;;;;. The third-order valence-corrected chi connectivity index (χ3v) is 15.7. The summed E-state index contributed by atoms with van der Waals surface area (Å²) in [5, 5.41) is 7.29. The van der Waals surface area contributed by atoms with E-state index in [0.717, 1.165) is 68.9 Å². The summed E-state index contributed by atoms with van der Waals surface area (Å²) >= 11 is 0. The molecule has 3 aliphatic carbocycles. The molecule has 98 heavy (non-hydrogen) atoms. The summed E-state index contributed by atoms with van der Waals surface area (Å²) in [5.74, 6) is -0.442. The van der Waals surface area contributed by atoms with E-state index in [4.69, 9.17) is 11.5 Å². The number of carbonyl (C=O) groups excluding carboxylic acids is 7. The Labute approximate surface area is 591 Å². The van der Waals surface area contributed by atoms with Gasteiger partial charge in [0.1, 0.15) is 17.5 Å². The molecule has 2 aliphatic heterocycles. The number of nitrogens with one attached hydrogen (secondary N) is 1. The molecule has 21 heteroatoms. The fourth-order valence-electron chi connectivity index (χ4n) is 7.79. The third-order valence-electron chi connectivity index (χ3n) is 13.5. The van der Waals surface area contributed by atoms with Crippen LogP contribution in [0.5, 0.6) is 0 Å². The molecule has 0 saturated heterocycles. The molecule has 0 aromatic carbocycles. The molecule has 6 rings (SSSR count). The average molecular weight is 1410 g/mol. The summed E-state index contributed by atoms with van der Waals surface area (Å²) in [6.45, 7) is 64.7. The van der Waals surface area contributed by atoms with Crippen LogP contribution in [0, 0.1) is 34.5 Å². The maximum absolute atomic E-state index is 12.7. The minimum Gasteiger partial charge on any atom is -0.366 e. The van der Waals surface area contributed by atoms with Gasteiger partial charge in [0.25, 0.3) is 0 Å². The molecule has 5 N–H and O–H groups in total. The molecule has 1 atom stereocenters. The Hall–Kier alpha value is -6.51. The van der Waals surface area contributed by atoms with Crippen LogP contribution in [0.4, 0.5) is 17.6 Å². The van der Waals surface area contributed by atoms with Gasteiger partial charge in [0.05, 0.1) is 10.3 Å². The molecule has 0 bridgehead atoms. The number of aromatic nitrogens is 2. The van der Waals surface area contributed by atoms with Crippen molar-refractivity contribution in [1.29, 1.82) is 0 Å². The summed E-state index contributed by atoms with van der Waals surface area (Å²) < 4.78 is 72.7. The lowest BCUT2D eigenvalue weighted by atomic mass is 9.74. The minimum absolute atomic E-state index is 0.0259. The normalized spacial score (nSPS) is 16.4. The molecular weight excluding hydrogens is 1270 g/mol. The number of ketones is 2. The van der Waals surface area contributed by atoms with E-state index in [-0.39, 0.29) is 90.8 Å². The minimum atomic E-state index is -3.07. The average Bonchev–Trinajstić information content (AvgIpc) is 1.30. The van der Waals surface area contributed by atoms with Crippen molar-refractivity contribution in [3.63, 3.8) is 0 Å². The van der Waals surface area contributed by atoms with E-state index in [1.807, 2.05) is 111 Å². The van der Waals surface area contributed by atoms with Gasteiger partial charge in [0, 0.05) is 81.5 Å². The summed E-state index contributed by atoms with van der Waals surface area (Å²) in [6.07, 6.45) is 21.2. The lowest BCUT2D eigenvalue weighted by molar-refractivity contribution is -0.131. The molecule has 1 aromatic heterocycles. The summed E-state index contributed by atoms with van der Waals surface area (Å²) in [6, 6.07) is 1.35. The lowest BCUT2D eigenvalue weighted by Crippen LogP contribution is -2.46. The smallest absolute Gasteiger partial charge is 0.249 e. The molecule has 0 saturated carbocycles. The number of sulfone groups is 1. The van der Waals surface area contributed by atoms with Gasteiger partial charge in [0.2, 0.25) is 35.5 Å². The van der Waals surface area contributed by atoms with Crippen LogP contribution in [-0.4, -0.2) is 104 Å². The number of nitrogens with two attached hydrogens (primary N) is 2. The van der Waals surface area contributed by atoms with E-state index in [0.29, 0.717) is 31.5 Å². The molecule has 564 valence electrons. The van der Waals surface area contributed by atoms with E-state index in [1.54, 1.807) is 49.9 Å². The molecule has 5 aliphatic rings. The van der Waals surface area contributed by atoms with E-state index in [9.17, 15) is 59.5 Å². The first kappa shape index (κ1) is 100. The second kappa shape index (κ2) is 46.0. The number of hydrogen-bond donors (Lipinski definition) is 3. The topological polar surface area (TPSA) is 242 Å². The number of hydrogen-bond acceptors (Lipinski definition) is 10. The summed E-state index contributed by atoms with van der Waals surface area (Å²) in [7, 11) is -3.07. The van der Waals surface area contributed by atoms with Crippen LogP contribution in [0.3, 0.4) is 0 Å². The van der Waals surface area contributed by atoms with Gasteiger partial charge < -0.3 is 26.6 Å². The molecule has 0 fully saturated rings. The van der Waals surface area contributed by atoms with Gasteiger partial charge in [0.15, 0.2) is 21.4 Å². The quantitative estimate of drug-likeness (QED) is 0.186. The highest BCUT2D eigenvalue weighted by Gasteiger charge is 2.31. The monoisotopic (exact) mass is 1410 g/mol. The Morgan fingerprint density at radius 1 is 0.622 bits per heavy atom. The van der Waals surface area contributed by atoms with Gasteiger partial charge in [-0.2, -0.15) is 4.39 Å². The molecule has 0 spiro atoms. The van der Waals surface area contributed by atoms with Crippen LogP contribution in [0.1, 0.15) is 265 Å². The van der Waals surface area contributed by atoms with Gasteiger partial charge in [-0.3, -0.25) is 38.2 Å². The van der Waals surface area contributed by atoms with Crippen molar-refractivity contribution in [2.24, 2.45) is 40.1 Å². The van der Waals surface area contributed by atoms with Gasteiger partial charge in [-0.15, -0.1) is 5.10 Å². The lowest BCUT2D eigenvalue weighted by Gasteiger charge is -2.36. The van der Waals surface area contributed by atoms with Gasteiger partial charge >= 0.3 is 0 Å². The third kappa shape index (κ3) is 48.3. The first-order valence-corrected chi connectivity index (χ1v) is 35.4. The highest BCUT2D eigenvalue weighted by molar-refractivity contribution is 7.95. The first-order valence-electron chi connectivity index (χ1n) is 33.9. The summed E-state index contributed by atoms with van der Waals surface area (Å²) in [5.41, 5.74) is 9.71. The maximum atomic E-state index is 12.7. The van der Waals surface area contributed by atoms with E-state index in [1.165, 1.54) is 26.0 Å².